The van der Waals surface area contributed by atoms with Crippen molar-refractivity contribution in [3.8, 4) is 5.69 Å². The van der Waals surface area contributed by atoms with E-state index in [1.165, 1.54) is 10.9 Å². The standard InChI is InChI=1S/C14H13N5O6S/c15-13(20)12-11-9(6-16-18(11)8-4-2-1-3-5-8)10-7-17(12)14(21)19(10)25-26(22,23)24/h1-6,10,12H,7H2,(H2,15,20)(H,22,23,24)/t10-,12-/m0/s1. The van der Waals surface area contributed by atoms with Gasteiger partial charge in [-0.15, -0.1) is 4.28 Å². The molecule has 12 heteroatoms. The molecule has 2 bridgehead atoms. The summed E-state index contributed by atoms with van der Waals surface area (Å²) in [5, 5.41) is 4.76. The van der Waals surface area contributed by atoms with E-state index in [9.17, 15) is 18.0 Å². The number of para-hydroxylation sites is 1. The molecule has 2 aromatic rings. The quantitative estimate of drug-likeness (QED) is 0.706. The van der Waals surface area contributed by atoms with E-state index in [1.54, 1.807) is 24.3 Å². The van der Waals surface area contributed by atoms with Crippen molar-refractivity contribution < 1.29 is 26.8 Å². The highest BCUT2D eigenvalue weighted by Crippen LogP contribution is 2.44. The van der Waals surface area contributed by atoms with Crippen LogP contribution in [0.15, 0.2) is 36.5 Å². The van der Waals surface area contributed by atoms with Crippen molar-refractivity contribution in [3.63, 3.8) is 0 Å². The van der Waals surface area contributed by atoms with Crippen molar-refractivity contribution in [1.29, 1.82) is 0 Å². The number of aromatic nitrogens is 2. The van der Waals surface area contributed by atoms with Crippen molar-refractivity contribution in [2.45, 2.75) is 12.1 Å². The molecular formula is C14H13N5O6S. The van der Waals surface area contributed by atoms with Crippen LogP contribution in [-0.2, 0) is 19.5 Å². The van der Waals surface area contributed by atoms with Gasteiger partial charge < -0.3 is 10.6 Å². The van der Waals surface area contributed by atoms with Crippen LogP contribution in [0.3, 0.4) is 0 Å². The van der Waals surface area contributed by atoms with Crippen LogP contribution in [0, 0.1) is 0 Å². The third kappa shape index (κ3) is 2.42. The number of hydrogen-bond donors (Lipinski definition) is 2. The molecule has 0 unspecified atom stereocenters. The minimum Gasteiger partial charge on any atom is -0.368 e. The number of amides is 3. The molecule has 0 spiro atoms. The number of urea groups is 1. The molecule has 2 atom stereocenters. The highest BCUT2D eigenvalue weighted by atomic mass is 32.3. The van der Waals surface area contributed by atoms with Crippen molar-refractivity contribution >= 4 is 22.3 Å². The summed E-state index contributed by atoms with van der Waals surface area (Å²) >= 11 is 0. The number of nitrogens with two attached hydrogens (primary N) is 1. The maximum Gasteiger partial charge on any atom is 0.418 e. The molecule has 1 aromatic carbocycles. The topological polar surface area (TPSA) is 148 Å². The summed E-state index contributed by atoms with van der Waals surface area (Å²) in [6, 6.07) is 5.95. The second-order valence-electron chi connectivity index (χ2n) is 5.82. The van der Waals surface area contributed by atoms with Gasteiger partial charge >= 0.3 is 16.4 Å². The normalized spacial score (nSPS) is 21.8. The number of benzene rings is 1. The Kier molecular flexibility index (Phi) is 3.50. The molecule has 4 rings (SSSR count). The monoisotopic (exact) mass is 379 g/mol. The molecule has 2 aliphatic heterocycles. The first-order chi connectivity index (χ1) is 12.3. The van der Waals surface area contributed by atoms with Crippen LogP contribution < -0.4 is 5.73 Å². The maximum absolute atomic E-state index is 12.5. The van der Waals surface area contributed by atoms with Crippen LogP contribution >= 0.6 is 0 Å². The Labute approximate surface area is 147 Å². The van der Waals surface area contributed by atoms with E-state index in [4.69, 9.17) is 10.3 Å². The van der Waals surface area contributed by atoms with E-state index in [1.807, 2.05) is 6.07 Å². The Morgan fingerprint density at radius 3 is 2.62 bits per heavy atom. The van der Waals surface area contributed by atoms with Crippen molar-refractivity contribution in [2.24, 2.45) is 5.73 Å². The maximum atomic E-state index is 12.5. The van der Waals surface area contributed by atoms with Crippen LogP contribution in [0.4, 0.5) is 4.79 Å². The number of hydroxylamine groups is 2. The van der Waals surface area contributed by atoms with Crippen molar-refractivity contribution in [1.82, 2.24) is 19.7 Å². The molecule has 136 valence electrons. The number of carbonyl (C=O) groups is 2. The third-order valence-corrected chi connectivity index (χ3v) is 4.65. The number of hydrogen-bond acceptors (Lipinski definition) is 6. The summed E-state index contributed by atoms with van der Waals surface area (Å²) in [5.41, 5.74) is 6.89. The molecule has 2 aliphatic rings. The first-order valence-corrected chi connectivity index (χ1v) is 8.84. The fraction of sp³-hybridized carbons (Fsp3) is 0.214. The lowest BCUT2D eigenvalue weighted by atomic mass is 9.97. The van der Waals surface area contributed by atoms with Gasteiger partial charge in [0.15, 0.2) is 6.04 Å². The van der Waals surface area contributed by atoms with E-state index < -0.39 is 34.4 Å². The lowest BCUT2D eigenvalue weighted by molar-refractivity contribution is -0.122. The molecule has 1 saturated heterocycles. The zero-order chi connectivity index (χ0) is 18.6. The molecule has 26 heavy (non-hydrogen) atoms. The van der Waals surface area contributed by atoms with Gasteiger partial charge in [0.2, 0.25) is 5.91 Å². The minimum absolute atomic E-state index is 0.0323. The number of rotatable bonds is 4. The molecule has 11 nitrogen and oxygen atoms in total. The molecule has 3 heterocycles. The third-order valence-electron chi connectivity index (χ3n) is 4.30. The molecule has 0 saturated carbocycles. The first kappa shape index (κ1) is 16.5. The number of carbonyl (C=O) groups excluding carboxylic acids is 2. The summed E-state index contributed by atoms with van der Waals surface area (Å²) in [6.07, 6.45) is 1.42. The summed E-state index contributed by atoms with van der Waals surface area (Å²) < 4.78 is 37.0. The average molecular weight is 379 g/mol. The number of nitrogens with zero attached hydrogens (tertiary/aromatic N) is 4. The van der Waals surface area contributed by atoms with Crippen LogP contribution in [0.2, 0.25) is 0 Å². The van der Waals surface area contributed by atoms with E-state index in [0.717, 1.165) is 4.90 Å². The number of primary amides is 1. The second kappa shape index (κ2) is 5.52. The van der Waals surface area contributed by atoms with Gasteiger partial charge in [0.05, 0.1) is 24.1 Å². The van der Waals surface area contributed by atoms with E-state index in [2.05, 4.69) is 9.38 Å². The molecule has 0 radical (unpaired) electrons. The van der Waals surface area contributed by atoms with E-state index in [0.29, 0.717) is 22.0 Å². The molecular weight excluding hydrogens is 366 g/mol. The van der Waals surface area contributed by atoms with Crippen LogP contribution in [-0.4, -0.2) is 51.2 Å². The summed E-state index contributed by atoms with van der Waals surface area (Å²) in [6.45, 7) is -0.0323. The highest BCUT2D eigenvalue weighted by molar-refractivity contribution is 7.80. The SMILES string of the molecule is NC(=O)[C@@H]1c2c(cnn2-c2ccccc2)[C@@H]2CN1C(=O)N2OS(=O)(=O)O. The molecule has 3 amide bonds. The predicted octanol–water partition coefficient (Wildman–Crippen LogP) is -0.0746. The lowest BCUT2D eigenvalue weighted by Crippen LogP contribution is -2.42. The zero-order valence-corrected chi connectivity index (χ0v) is 13.9. The van der Waals surface area contributed by atoms with Gasteiger partial charge in [0.25, 0.3) is 0 Å². The van der Waals surface area contributed by atoms with Crippen molar-refractivity contribution in [2.75, 3.05) is 6.54 Å². The molecule has 1 aromatic heterocycles. The summed E-state index contributed by atoms with van der Waals surface area (Å²) in [7, 11) is -4.93. The highest BCUT2D eigenvalue weighted by Gasteiger charge is 2.53. The Morgan fingerprint density at radius 2 is 2.00 bits per heavy atom. The predicted molar refractivity (Wildman–Crippen MR) is 84.8 cm³/mol. The minimum atomic E-state index is -4.93. The Bertz CT molecular complexity index is 1000. The van der Waals surface area contributed by atoms with Crippen LogP contribution in [0.5, 0.6) is 0 Å². The number of fused-ring (bicyclic) bond motifs is 4. The van der Waals surface area contributed by atoms with Gasteiger partial charge in [0, 0.05) is 5.56 Å². The van der Waals surface area contributed by atoms with E-state index in [-0.39, 0.29) is 6.54 Å². The van der Waals surface area contributed by atoms with Gasteiger partial charge in [-0.2, -0.15) is 18.6 Å². The van der Waals surface area contributed by atoms with Gasteiger partial charge in [-0.3, -0.25) is 9.35 Å². The average Bonchev–Trinajstić information content (AvgIpc) is 3.11. The van der Waals surface area contributed by atoms with E-state index >= 15 is 0 Å². The van der Waals surface area contributed by atoms with Gasteiger partial charge in [0.1, 0.15) is 6.04 Å². The zero-order valence-electron chi connectivity index (χ0n) is 13.1. The smallest absolute Gasteiger partial charge is 0.368 e. The first-order valence-electron chi connectivity index (χ1n) is 7.47. The second-order valence-corrected chi connectivity index (χ2v) is 6.82. The van der Waals surface area contributed by atoms with Crippen molar-refractivity contribution in [3.05, 3.63) is 47.8 Å². The molecule has 3 N–H and O–H groups in total. The van der Waals surface area contributed by atoms with Gasteiger partial charge in [-0.1, -0.05) is 18.2 Å². The van der Waals surface area contributed by atoms with Crippen LogP contribution in [0.25, 0.3) is 5.69 Å². The summed E-state index contributed by atoms with van der Waals surface area (Å²) in [4.78, 5) is 25.7. The Hall–Kier alpha value is -2.96. The van der Waals surface area contributed by atoms with Crippen LogP contribution in [0.1, 0.15) is 23.3 Å². The molecule has 1 fully saturated rings. The fourth-order valence-corrected chi connectivity index (χ4v) is 3.71. The molecule has 0 aliphatic carbocycles. The largest absolute Gasteiger partial charge is 0.418 e. The lowest BCUT2D eigenvalue weighted by Gasteiger charge is -2.29. The Balaban J connectivity index is 1.88. The fourth-order valence-electron chi connectivity index (χ4n) is 3.34. The summed E-state index contributed by atoms with van der Waals surface area (Å²) in [5.74, 6) is -0.801. The van der Waals surface area contributed by atoms with Gasteiger partial charge in [-0.25, -0.2) is 9.48 Å². The van der Waals surface area contributed by atoms with Gasteiger partial charge in [-0.05, 0) is 12.1 Å². The Morgan fingerprint density at radius 1 is 1.31 bits per heavy atom.